The molecule has 0 aliphatic carbocycles. The molecule has 4 nitrogen and oxygen atoms in total. The summed E-state index contributed by atoms with van der Waals surface area (Å²) in [4.78, 5) is 0. The summed E-state index contributed by atoms with van der Waals surface area (Å²) in [6.07, 6.45) is 0. The molecule has 78 valence electrons. The van der Waals surface area contributed by atoms with Crippen LogP contribution in [-0.4, -0.2) is 17.3 Å². The molecule has 2 aromatic rings. The molecule has 1 aromatic heterocycles. The topological polar surface area (TPSA) is 61.0 Å². The Balaban J connectivity index is 2.45. The number of ether oxygens (including phenoxy) is 1. The van der Waals surface area contributed by atoms with Gasteiger partial charge < -0.3 is 10.5 Å². The molecule has 0 aliphatic rings. The van der Waals surface area contributed by atoms with Gasteiger partial charge in [-0.3, -0.25) is 0 Å². The van der Waals surface area contributed by atoms with E-state index in [9.17, 15) is 0 Å². The lowest BCUT2D eigenvalue weighted by atomic mass is 10.2. The van der Waals surface area contributed by atoms with Crippen LogP contribution < -0.4 is 10.5 Å². The van der Waals surface area contributed by atoms with Gasteiger partial charge in [-0.25, -0.2) is 0 Å². The van der Waals surface area contributed by atoms with Crippen LogP contribution >= 0.6 is 27.3 Å². The highest BCUT2D eigenvalue weighted by Crippen LogP contribution is 2.32. The number of methoxy groups -OCH3 is 1. The normalized spacial score (nSPS) is 10.3. The van der Waals surface area contributed by atoms with E-state index in [-0.39, 0.29) is 0 Å². The molecule has 2 rings (SSSR count). The zero-order valence-corrected chi connectivity index (χ0v) is 10.3. The van der Waals surface area contributed by atoms with E-state index >= 15 is 0 Å². The monoisotopic (exact) mass is 285 g/mol. The van der Waals surface area contributed by atoms with E-state index in [1.807, 2.05) is 18.2 Å². The van der Waals surface area contributed by atoms with E-state index in [1.165, 1.54) is 11.3 Å². The third-order valence-electron chi connectivity index (χ3n) is 1.84. The molecule has 2 N–H and O–H groups in total. The average Bonchev–Trinajstić information content (AvgIpc) is 2.66. The Labute approximate surface area is 99.2 Å². The third kappa shape index (κ3) is 2.10. The van der Waals surface area contributed by atoms with Gasteiger partial charge >= 0.3 is 0 Å². The number of hydrogen-bond acceptors (Lipinski definition) is 5. The first-order chi connectivity index (χ1) is 7.20. The van der Waals surface area contributed by atoms with Gasteiger partial charge in [0.05, 0.1) is 11.6 Å². The molecule has 6 heteroatoms. The first kappa shape index (κ1) is 10.4. The van der Waals surface area contributed by atoms with Gasteiger partial charge in [0.2, 0.25) is 5.13 Å². The predicted octanol–water partition coefficient (Wildman–Crippen LogP) is 2.56. The van der Waals surface area contributed by atoms with E-state index < -0.39 is 0 Å². The van der Waals surface area contributed by atoms with E-state index in [0.29, 0.717) is 5.13 Å². The lowest BCUT2D eigenvalue weighted by Crippen LogP contribution is -1.85. The van der Waals surface area contributed by atoms with Crippen molar-refractivity contribution in [2.24, 2.45) is 0 Å². The van der Waals surface area contributed by atoms with Crippen LogP contribution in [0.15, 0.2) is 22.7 Å². The number of nitrogens with zero attached hydrogens (tertiary/aromatic N) is 2. The summed E-state index contributed by atoms with van der Waals surface area (Å²) in [6.45, 7) is 0. The second-order valence-electron chi connectivity index (χ2n) is 2.79. The van der Waals surface area contributed by atoms with Crippen molar-refractivity contribution in [2.75, 3.05) is 12.8 Å². The summed E-state index contributed by atoms with van der Waals surface area (Å²) in [5.74, 6) is 0.765. The largest absolute Gasteiger partial charge is 0.496 e. The van der Waals surface area contributed by atoms with Gasteiger partial charge in [0.15, 0.2) is 0 Å². The highest BCUT2D eigenvalue weighted by Gasteiger charge is 2.07. The molecular weight excluding hydrogens is 278 g/mol. The van der Waals surface area contributed by atoms with Gasteiger partial charge in [-0.1, -0.05) is 17.4 Å². The first-order valence-electron chi connectivity index (χ1n) is 4.13. The maximum absolute atomic E-state index is 5.52. The summed E-state index contributed by atoms with van der Waals surface area (Å²) >= 11 is 4.74. The minimum Gasteiger partial charge on any atom is -0.496 e. The van der Waals surface area contributed by atoms with Crippen molar-refractivity contribution in [2.45, 2.75) is 0 Å². The van der Waals surface area contributed by atoms with Crippen molar-refractivity contribution < 1.29 is 4.74 Å². The van der Waals surface area contributed by atoms with E-state index in [2.05, 4.69) is 26.1 Å². The van der Waals surface area contributed by atoms with Gasteiger partial charge in [-0.15, -0.1) is 10.2 Å². The number of nitrogens with two attached hydrogens (primary N) is 1. The zero-order valence-electron chi connectivity index (χ0n) is 7.90. The predicted molar refractivity (Wildman–Crippen MR) is 64.0 cm³/mol. The Morgan fingerprint density at radius 2 is 2.20 bits per heavy atom. The molecular formula is C9H8BrN3OS. The van der Waals surface area contributed by atoms with Gasteiger partial charge in [-0.2, -0.15) is 0 Å². The van der Waals surface area contributed by atoms with Gasteiger partial charge in [0.25, 0.3) is 0 Å². The molecule has 0 amide bonds. The number of benzene rings is 1. The molecule has 0 spiro atoms. The van der Waals surface area contributed by atoms with Gasteiger partial charge in [-0.05, 0) is 28.1 Å². The molecule has 0 saturated carbocycles. The Hall–Kier alpha value is -1.14. The Kier molecular flexibility index (Phi) is 2.88. The fourth-order valence-corrected chi connectivity index (χ4v) is 2.16. The Morgan fingerprint density at radius 3 is 2.80 bits per heavy atom. The Bertz CT molecular complexity index is 486. The molecule has 0 aliphatic heterocycles. The van der Waals surface area contributed by atoms with Crippen molar-refractivity contribution in [3.63, 3.8) is 0 Å². The molecule has 0 radical (unpaired) electrons. The van der Waals surface area contributed by atoms with Crippen LogP contribution in [0.5, 0.6) is 5.75 Å². The van der Waals surface area contributed by atoms with Crippen molar-refractivity contribution in [1.82, 2.24) is 10.2 Å². The number of halogens is 1. The van der Waals surface area contributed by atoms with Crippen LogP contribution in [0.25, 0.3) is 10.6 Å². The fraction of sp³-hybridized carbons (Fsp3) is 0.111. The van der Waals surface area contributed by atoms with Crippen molar-refractivity contribution in [3.05, 3.63) is 22.7 Å². The maximum Gasteiger partial charge on any atom is 0.203 e. The summed E-state index contributed by atoms with van der Waals surface area (Å²) in [6, 6.07) is 5.74. The Morgan fingerprint density at radius 1 is 1.40 bits per heavy atom. The van der Waals surface area contributed by atoms with Crippen LogP contribution in [0.3, 0.4) is 0 Å². The quantitative estimate of drug-likeness (QED) is 0.921. The first-order valence-corrected chi connectivity index (χ1v) is 5.74. The highest BCUT2D eigenvalue weighted by molar-refractivity contribution is 9.10. The average molecular weight is 286 g/mol. The minimum absolute atomic E-state index is 0.465. The molecule has 0 unspecified atom stereocenters. The van der Waals surface area contributed by atoms with Crippen molar-refractivity contribution in [1.29, 1.82) is 0 Å². The lowest BCUT2D eigenvalue weighted by molar-refractivity contribution is 0.412. The van der Waals surface area contributed by atoms with Crippen molar-refractivity contribution in [3.8, 4) is 16.3 Å². The van der Waals surface area contributed by atoms with E-state index in [1.54, 1.807) is 7.11 Å². The molecule has 0 atom stereocenters. The minimum atomic E-state index is 0.465. The third-order valence-corrected chi connectivity index (χ3v) is 3.30. The summed E-state index contributed by atoms with van der Waals surface area (Å²) in [7, 11) is 1.62. The summed E-state index contributed by atoms with van der Waals surface area (Å²) < 4.78 is 6.10. The number of nitrogen functional groups attached to an aromatic ring is 1. The maximum atomic E-state index is 5.52. The van der Waals surface area contributed by atoms with Crippen LogP contribution in [-0.2, 0) is 0 Å². The fourth-order valence-electron chi connectivity index (χ4n) is 1.14. The van der Waals surface area contributed by atoms with Crippen LogP contribution in [0.2, 0.25) is 0 Å². The van der Waals surface area contributed by atoms with Crippen LogP contribution in [0.4, 0.5) is 5.13 Å². The molecule has 1 heterocycles. The molecule has 0 fully saturated rings. The molecule has 1 aromatic carbocycles. The van der Waals surface area contributed by atoms with Gasteiger partial charge in [0.1, 0.15) is 10.8 Å². The number of rotatable bonds is 2. The summed E-state index contributed by atoms with van der Waals surface area (Å²) in [5, 5.41) is 8.98. The van der Waals surface area contributed by atoms with Crippen LogP contribution in [0.1, 0.15) is 0 Å². The second-order valence-corrected chi connectivity index (χ2v) is 4.66. The smallest absolute Gasteiger partial charge is 0.203 e. The number of anilines is 1. The van der Waals surface area contributed by atoms with Crippen LogP contribution in [0, 0.1) is 0 Å². The van der Waals surface area contributed by atoms with E-state index in [0.717, 1.165) is 20.8 Å². The second kappa shape index (κ2) is 4.16. The number of aromatic nitrogens is 2. The standard InChI is InChI=1S/C9H8BrN3OS/c1-14-7-4-5(2-3-6(7)10)8-12-13-9(11)15-8/h2-4H,1H3,(H2,11,13). The van der Waals surface area contributed by atoms with Crippen molar-refractivity contribution >= 4 is 32.4 Å². The number of hydrogen-bond donors (Lipinski definition) is 1. The summed E-state index contributed by atoms with van der Waals surface area (Å²) in [5.41, 5.74) is 6.47. The zero-order chi connectivity index (χ0) is 10.8. The lowest BCUT2D eigenvalue weighted by Gasteiger charge is -2.03. The molecule has 0 bridgehead atoms. The molecule has 15 heavy (non-hydrogen) atoms. The van der Waals surface area contributed by atoms with Gasteiger partial charge in [0, 0.05) is 5.56 Å². The molecule has 0 saturated heterocycles. The van der Waals surface area contributed by atoms with E-state index in [4.69, 9.17) is 10.5 Å². The highest BCUT2D eigenvalue weighted by atomic mass is 79.9. The SMILES string of the molecule is COc1cc(-c2nnc(N)s2)ccc1Br.